The highest BCUT2D eigenvalue weighted by atomic mass is 16.5. The molecule has 0 radical (unpaired) electrons. The molecule has 1 amide bonds. The van der Waals surface area contributed by atoms with E-state index in [0.717, 1.165) is 38.1 Å². The number of benzene rings is 1. The van der Waals surface area contributed by atoms with Crippen molar-refractivity contribution in [2.45, 2.75) is 51.1 Å². The van der Waals surface area contributed by atoms with Gasteiger partial charge in [0, 0.05) is 31.4 Å². The number of carbonyl (C=O) groups excluding carboxylic acids is 1. The molecule has 0 spiro atoms. The molecule has 2 aromatic rings. The van der Waals surface area contributed by atoms with Gasteiger partial charge in [0.15, 0.2) is 0 Å². The molecular formula is C21H26N2O2. The Balaban J connectivity index is 1.51. The van der Waals surface area contributed by atoms with E-state index in [4.69, 9.17) is 4.74 Å². The van der Waals surface area contributed by atoms with Gasteiger partial charge in [-0.1, -0.05) is 6.07 Å². The Labute approximate surface area is 149 Å². The summed E-state index contributed by atoms with van der Waals surface area (Å²) in [5.74, 6) is 1.54. The third-order valence-corrected chi connectivity index (χ3v) is 5.87. The van der Waals surface area contributed by atoms with Crippen molar-refractivity contribution in [3.63, 3.8) is 0 Å². The van der Waals surface area contributed by atoms with Crippen molar-refractivity contribution in [1.29, 1.82) is 0 Å². The maximum absolute atomic E-state index is 13.0. The molecule has 1 aliphatic heterocycles. The first-order valence-electron chi connectivity index (χ1n) is 9.28. The second-order valence-corrected chi connectivity index (χ2v) is 7.25. The first-order chi connectivity index (χ1) is 12.2. The predicted octanol–water partition coefficient (Wildman–Crippen LogP) is 3.91. The lowest BCUT2D eigenvalue weighted by molar-refractivity contribution is -0.134. The second kappa shape index (κ2) is 6.58. The van der Waals surface area contributed by atoms with Crippen molar-refractivity contribution in [3.8, 4) is 5.75 Å². The van der Waals surface area contributed by atoms with Gasteiger partial charge in [-0.3, -0.25) is 4.79 Å². The number of amides is 1. The maximum atomic E-state index is 13.0. The molecule has 2 heterocycles. The summed E-state index contributed by atoms with van der Waals surface area (Å²) < 4.78 is 7.61. The number of nitrogens with zero attached hydrogens (tertiary/aromatic N) is 2. The molecule has 2 atom stereocenters. The highest BCUT2D eigenvalue weighted by molar-refractivity contribution is 5.78. The Morgan fingerprint density at radius 3 is 3.00 bits per heavy atom. The number of carbonyl (C=O) groups is 1. The largest absolute Gasteiger partial charge is 0.497 e. The molecule has 1 aliphatic carbocycles. The lowest BCUT2D eigenvalue weighted by Crippen LogP contribution is -2.41. The van der Waals surface area contributed by atoms with E-state index in [1.54, 1.807) is 7.11 Å². The van der Waals surface area contributed by atoms with Gasteiger partial charge < -0.3 is 14.2 Å². The van der Waals surface area contributed by atoms with Gasteiger partial charge in [0.05, 0.1) is 13.2 Å². The van der Waals surface area contributed by atoms with Gasteiger partial charge >= 0.3 is 0 Å². The first-order valence-corrected chi connectivity index (χ1v) is 9.28. The molecule has 132 valence electrons. The minimum Gasteiger partial charge on any atom is -0.497 e. The SMILES string of the molecule is COc1ccc2c(c1)CCC[C@@H]2CC(=O)N1CCn2cccc2[C@@H]1C. The van der Waals surface area contributed by atoms with Crippen molar-refractivity contribution >= 4 is 5.91 Å². The fraction of sp³-hybridized carbons (Fsp3) is 0.476. The topological polar surface area (TPSA) is 34.5 Å². The molecule has 1 aromatic carbocycles. The van der Waals surface area contributed by atoms with Crippen molar-refractivity contribution < 1.29 is 9.53 Å². The second-order valence-electron chi connectivity index (χ2n) is 7.25. The van der Waals surface area contributed by atoms with Crippen LogP contribution in [0, 0.1) is 0 Å². The van der Waals surface area contributed by atoms with Crippen LogP contribution in [-0.2, 0) is 17.8 Å². The molecule has 4 rings (SSSR count). The third-order valence-electron chi connectivity index (χ3n) is 5.87. The third kappa shape index (κ3) is 2.94. The van der Waals surface area contributed by atoms with Gasteiger partial charge in [0.1, 0.15) is 5.75 Å². The summed E-state index contributed by atoms with van der Waals surface area (Å²) in [6, 6.07) is 10.7. The number of fused-ring (bicyclic) bond motifs is 2. The van der Waals surface area contributed by atoms with E-state index >= 15 is 0 Å². The average Bonchev–Trinajstić information content (AvgIpc) is 3.11. The molecule has 25 heavy (non-hydrogen) atoms. The van der Waals surface area contributed by atoms with Crippen LogP contribution in [0.15, 0.2) is 36.5 Å². The van der Waals surface area contributed by atoms with Crippen molar-refractivity contribution in [3.05, 3.63) is 53.3 Å². The summed E-state index contributed by atoms with van der Waals surface area (Å²) in [4.78, 5) is 15.1. The van der Waals surface area contributed by atoms with Gasteiger partial charge in [0.25, 0.3) is 0 Å². The Morgan fingerprint density at radius 1 is 1.28 bits per heavy atom. The van der Waals surface area contributed by atoms with Gasteiger partial charge in [0.2, 0.25) is 5.91 Å². The number of aromatic nitrogens is 1. The van der Waals surface area contributed by atoms with Crippen molar-refractivity contribution in [2.75, 3.05) is 13.7 Å². The summed E-state index contributed by atoms with van der Waals surface area (Å²) in [6.45, 7) is 3.85. The Bertz CT molecular complexity index is 780. The molecular weight excluding hydrogens is 312 g/mol. The molecule has 2 aliphatic rings. The van der Waals surface area contributed by atoms with E-state index in [1.807, 2.05) is 6.07 Å². The summed E-state index contributed by atoms with van der Waals surface area (Å²) in [6.07, 6.45) is 6.06. The highest BCUT2D eigenvalue weighted by Crippen LogP contribution is 2.37. The van der Waals surface area contributed by atoms with E-state index in [1.165, 1.54) is 16.8 Å². The standard InChI is InChI=1S/C21H26N2O2/c1-15-20-7-4-10-22(20)11-12-23(15)21(24)14-17-6-3-5-16-13-18(25-2)8-9-19(16)17/h4,7-10,13,15,17H,3,5-6,11-12,14H2,1-2H3/t15-,17+/m0/s1. The van der Waals surface area contributed by atoms with Crippen LogP contribution in [-0.4, -0.2) is 29.0 Å². The molecule has 1 aromatic heterocycles. The smallest absolute Gasteiger partial charge is 0.223 e. The van der Waals surface area contributed by atoms with E-state index in [-0.39, 0.29) is 11.9 Å². The van der Waals surface area contributed by atoms with Gasteiger partial charge in [-0.15, -0.1) is 0 Å². The fourth-order valence-corrected chi connectivity index (χ4v) is 4.48. The van der Waals surface area contributed by atoms with E-state index < -0.39 is 0 Å². The van der Waals surface area contributed by atoms with Crippen LogP contribution >= 0.6 is 0 Å². The van der Waals surface area contributed by atoms with E-state index in [0.29, 0.717) is 12.3 Å². The van der Waals surface area contributed by atoms with Crippen LogP contribution in [0.2, 0.25) is 0 Å². The molecule has 0 bridgehead atoms. The molecule has 0 saturated heterocycles. The molecule has 0 N–H and O–H groups in total. The van der Waals surface area contributed by atoms with Crippen LogP contribution in [0.3, 0.4) is 0 Å². The lowest BCUT2D eigenvalue weighted by atomic mass is 9.80. The van der Waals surface area contributed by atoms with Crippen LogP contribution in [0.4, 0.5) is 0 Å². The van der Waals surface area contributed by atoms with Crippen LogP contribution in [0.25, 0.3) is 0 Å². The Hall–Kier alpha value is -2.23. The minimum absolute atomic E-state index is 0.162. The van der Waals surface area contributed by atoms with Crippen molar-refractivity contribution in [2.24, 2.45) is 0 Å². The first kappa shape index (κ1) is 16.2. The fourth-order valence-electron chi connectivity index (χ4n) is 4.48. The number of hydrogen-bond donors (Lipinski definition) is 0. The molecule has 4 heteroatoms. The normalized spacial score (nSPS) is 22.2. The molecule has 0 fully saturated rings. The number of ether oxygens (including phenoxy) is 1. The molecule has 0 saturated carbocycles. The van der Waals surface area contributed by atoms with E-state index in [9.17, 15) is 4.79 Å². The Kier molecular flexibility index (Phi) is 4.28. The molecule has 0 unspecified atom stereocenters. The zero-order valence-electron chi connectivity index (χ0n) is 15.1. The van der Waals surface area contributed by atoms with Crippen molar-refractivity contribution in [1.82, 2.24) is 9.47 Å². The zero-order valence-corrected chi connectivity index (χ0v) is 15.1. The summed E-state index contributed by atoms with van der Waals surface area (Å²) in [5, 5.41) is 0. The molecule has 4 nitrogen and oxygen atoms in total. The number of methoxy groups -OCH3 is 1. The maximum Gasteiger partial charge on any atom is 0.223 e. The predicted molar refractivity (Wildman–Crippen MR) is 97.9 cm³/mol. The van der Waals surface area contributed by atoms with Crippen LogP contribution < -0.4 is 4.74 Å². The quantitative estimate of drug-likeness (QED) is 0.850. The number of hydrogen-bond acceptors (Lipinski definition) is 2. The summed E-state index contributed by atoms with van der Waals surface area (Å²) in [7, 11) is 1.71. The van der Waals surface area contributed by atoms with E-state index in [2.05, 4.69) is 46.9 Å². The Morgan fingerprint density at radius 2 is 2.16 bits per heavy atom. The summed E-state index contributed by atoms with van der Waals surface area (Å²) in [5.41, 5.74) is 3.94. The zero-order chi connectivity index (χ0) is 17.4. The monoisotopic (exact) mass is 338 g/mol. The van der Waals surface area contributed by atoms with Crippen LogP contribution in [0.5, 0.6) is 5.75 Å². The van der Waals surface area contributed by atoms with Crippen LogP contribution in [0.1, 0.15) is 55.0 Å². The summed E-state index contributed by atoms with van der Waals surface area (Å²) >= 11 is 0. The highest BCUT2D eigenvalue weighted by Gasteiger charge is 2.30. The average molecular weight is 338 g/mol. The minimum atomic E-state index is 0.162. The van der Waals surface area contributed by atoms with Gasteiger partial charge in [-0.2, -0.15) is 0 Å². The number of rotatable bonds is 3. The van der Waals surface area contributed by atoms with Gasteiger partial charge in [-0.25, -0.2) is 0 Å². The number of aryl methyl sites for hydroxylation is 1. The lowest BCUT2D eigenvalue weighted by Gasteiger charge is -2.36. The van der Waals surface area contributed by atoms with Gasteiger partial charge in [-0.05, 0) is 67.5 Å².